The molecule has 0 saturated carbocycles. The first kappa shape index (κ1) is 18.0. The number of rotatable bonds is 6. The van der Waals surface area contributed by atoms with E-state index in [-0.39, 0.29) is 0 Å². The highest BCUT2D eigenvalue weighted by Gasteiger charge is 2.14. The smallest absolute Gasteiger partial charge is 0.227 e. The monoisotopic (exact) mass is 394 g/mol. The Balaban J connectivity index is 1.67. The molecule has 0 saturated heterocycles. The predicted molar refractivity (Wildman–Crippen MR) is 110 cm³/mol. The van der Waals surface area contributed by atoms with E-state index in [9.17, 15) is 0 Å². The van der Waals surface area contributed by atoms with Gasteiger partial charge in [-0.3, -0.25) is 0 Å². The summed E-state index contributed by atoms with van der Waals surface area (Å²) in [5, 5.41) is 4.03. The maximum atomic E-state index is 5.39. The molecule has 2 aromatic carbocycles. The summed E-state index contributed by atoms with van der Waals surface area (Å²) in [4.78, 5) is 13.6. The van der Waals surface area contributed by atoms with Gasteiger partial charge in [0.05, 0.1) is 31.5 Å². The van der Waals surface area contributed by atoms with Gasteiger partial charge in [-0.25, -0.2) is 15.0 Å². The predicted octanol–water partition coefficient (Wildman–Crippen LogP) is 4.52. The molecule has 142 valence electrons. The van der Waals surface area contributed by atoms with E-state index in [0.717, 1.165) is 26.6 Å². The third kappa shape index (κ3) is 3.41. The Bertz CT molecular complexity index is 1070. The second kappa shape index (κ2) is 7.69. The maximum Gasteiger partial charge on any atom is 0.227 e. The lowest BCUT2D eigenvalue weighted by molar-refractivity contribution is 0.324. The molecule has 0 aliphatic heterocycles. The standard InChI is InChI=1S/C20H18N4O3S/c1-25-15-10-12(11-16(26-2)18(15)27-3)22-20-21-9-8-14(24-20)19-23-13-6-4-5-7-17(13)28-19/h4-11H,1-3H3,(H,21,22,24). The van der Waals surface area contributed by atoms with Crippen LogP contribution < -0.4 is 19.5 Å². The topological polar surface area (TPSA) is 78.4 Å². The van der Waals surface area contributed by atoms with Gasteiger partial charge >= 0.3 is 0 Å². The van der Waals surface area contributed by atoms with Gasteiger partial charge in [-0.15, -0.1) is 11.3 Å². The molecule has 0 amide bonds. The molecule has 0 spiro atoms. The SMILES string of the molecule is COc1cc(Nc2nccc(-c3nc4ccccc4s3)n2)cc(OC)c1OC. The number of para-hydroxylation sites is 1. The molecular weight excluding hydrogens is 376 g/mol. The van der Waals surface area contributed by atoms with Gasteiger partial charge in [0.15, 0.2) is 11.5 Å². The van der Waals surface area contributed by atoms with E-state index in [4.69, 9.17) is 14.2 Å². The zero-order valence-corrected chi connectivity index (χ0v) is 16.4. The largest absolute Gasteiger partial charge is 0.493 e. The fourth-order valence-corrected chi connectivity index (χ4v) is 3.74. The van der Waals surface area contributed by atoms with Crippen LogP contribution in [0.1, 0.15) is 0 Å². The van der Waals surface area contributed by atoms with E-state index in [1.54, 1.807) is 51.0 Å². The Morgan fingerprint density at radius 3 is 2.32 bits per heavy atom. The molecule has 2 heterocycles. The van der Waals surface area contributed by atoms with Gasteiger partial charge in [-0.05, 0) is 18.2 Å². The van der Waals surface area contributed by atoms with E-state index in [2.05, 4.69) is 20.3 Å². The normalized spacial score (nSPS) is 10.7. The van der Waals surface area contributed by atoms with Crippen LogP contribution in [-0.4, -0.2) is 36.3 Å². The van der Waals surface area contributed by atoms with Crippen molar-refractivity contribution in [3.05, 3.63) is 48.7 Å². The van der Waals surface area contributed by atoms with Crippen LogP contribution in [0.3, 0.4) is 0 Å². The number of anilines is 2. The molecule has 0 fully saturated rings. The number of aromatic nitrogens is 3. The number of hydrogen-bond acceptors (Lipinski definition) is 8. The lowest BCUT2D eigenvalue weighted by Crippen LogP contribution is -2.00. The van der Waals surface area contributed by atoms with Crippen LogP contribution >= 0.6 is 11.3 Å². The first-order chi connectivity index (χ1) is 13.7. The van der Waals surface area contributed by atoms with Gasteiger partial charge < -0.3 is 19.5 Å². The van der Waals surface area contributed by atoms with Crippen molar-refractivity contribution in [2.45, 2.75) is 0 Å². The van der Waals surface area contributed by atoms with Gasteiger partial charge in [0.2, 0.25) is 11.7 Å². The Morgan fingerprint density at radius 1 is 0.893 bits per heavy atom. The molecule has 8 heteroatoms. The maximum absolute atomic E-state index is 5.39. The number of ether oxygens (including phenoxy) is 3. The molecular formula is C20H18N4O3S. The lowest BCUT2D eigenvalue weighted by atomic mass is 10.2. The Morgan fingerprint density at radius 2 is 1.64 bits per heavy atom. The molecule has 0 aliphatic carbocycles. The average molecular weight is 394 g/mol. The number of methoxy groups -OCH3 is 3. The van der Waals surface area contributed by atoms with Crippen molar-refractivity contribution in [1.29, 1.82) is 0 Å². The molecule has 0 radical (unpaired) electrons. The number of benzene rings is 2. The van der Waals surface area contributed by atoms with E-state index < -0.39 is 0 Å². The minimum absolute atomic E-state index is 0.450. The molecule has 2 aromatic heterocycles. The number of thiazole rings is 1. The molecule has 1 N–H and O–H groups in total. The van der Waals surface area contributed by atoms with Crippen molar-refractivity contribution >= 4 is 33.2 Å². The molecule has 0 aliphatic rings. The van der Waals surface area contributed by atoms with E-state index in [1.807, 2.05) is 30.3 Å². The average Bonchev–Trinajstić information content (AvgIpc) is 3.17. The van der Waals surface area contributed by atoms with Gasteiger partial charge in [-0.2, -0.15) is 0 Å². The molecule has 4 rings (SSSR count). The molecule has 0 atom stereocenters. The number of fused-ring (bicyclic) bond motifs is 1. The van der Waals surface area contributed by atoms with E-state index in [0.29, 0.717) is 23.2 Å². The summed E-state index contributed by atoms with van der Waals surface area (Å²) in [5.74, 6) is 2.07. The summed E-state index contributed by atoms with van der Waals surface area (Å²) in [6.45, 7) is 0. The number of hydrogen-bond donors (Lipinski definition) is 1. The third-order valence-corrected chi connectivity index (χ3v) is 5.15. The summed E-state index contributed by atoms with van der Waals surface area (Å²) in [7, 11) is 4.72. The molecule has 7 nitrogen and oxygen atoms in total. The van der Waals surface area contributed by atoms with Crippen LogP contribution in [0.5, 0.6) is 17.2 Å². The zero-order valence-electron chi connectivity index (χ0n) is 15.6. The first-order valence-electron chi connectivity index (χ1n) is 8.48. The summed E-state index contributed by atoms with van der Waals surface area (Å²) in [5.41, 5.74) is 2.43. The van der Waals surface area contributed by atoms with Crippen molar-refractivity contribution in [2.75, 3.05) is 26.6 Å². The van der Waals surface area contributed by atoms with Crippen LogP contribution in [0.4, 0.5) is 11.6 Å². The van der Waals surface area contributed by atoms with Crippen LogP contribution in [-0.2, 0) is 0 Å². The number of nitrogens with one attached hydrogen (secondary N) is 1. The fraction of sp³-hybridized carbons (Fsp3) is 0.150. The van der Waals surface area contributed by atoms with Gasteiger partial charge in [0, 0.05) is 24.0 Å². The van der Waals surface area contributed by atoms with Crippen molar-refractivity contribution in [3.8, 4) is 28.0 Å². The number of nitrogens with zero attached hydrogens (tertiary/aromatic N) is 3. The molecule has 28 heavy (non-hydrogen) atoms. The fourth-order valence-electron chi connectivity index (χ4n) is 2.80. The highest BCUT2D eigenvalue weighted by molar-refractivity contribution is 7.21. The minimum atomic E-state index is 0.450. The van der Waals surface area contributed by atoms with Crippen LogP contribution in [0.2, 0.25) is 0 Å². The van der Waals surface area contributed by atoms with Crippen LogP contribution in [0.25, 0.3) is 20.9 Å². The zero-order chi connectivity index (χ0) is 19.5. The Hall–Kier alpha value is -3.39. The van der Waals surface area contributed by atoms with Crippen molar-refractivity contribution in [2.24, 2.45) is 0 Å². The minimum Gasteiger partial charge on any atom is -0.493 e. The third-order valence-electron chi connectivity index (χ3n) is 4.09. The Kier molecular flexibility index (Phi) is 4.94. The summed E-state index contributed by atoms with van der Waals surface area (Å²) in [6.07, 6.45) is 1.70. The highest BCUT2D eigenvalue weighted by atomic mass is 32.1. The molecule has 0 bridgehead atoms. The quantitative estimate of drug-likeness (QED) is 0.515. The Labute approximate surface area is 166 Å². The van der Waals surface area contributed by atoms with Crippen molar-refractivity contribution < 1.29 is 14.2 Å². The van der Waals surface area contributed by atoms with Crippen LogP contribution in [0.15, 0.2) is 48.7 Å². The molecule has 4 aromatic rings. The molecule has 0 unspecified atom stereocenters. The first-order valence-corrected chi connectivity index (χ1v) is 9.29. The second-order valence-corrected chi connectivity index (χ2v) is 6.82. The highest BCUT2D eigenvalue weighted by Crippen LogP contribution is 2.40. The van der Waals surface area contributed by atoms with E-state index in [1.165, 1.54) is 0 Å². The van der Waals surface area contributed by atoms with Gasteiger partial charge in [-0.1, -0.05) is 12.1 Å². The van der Waals surface area contributed by atoms with E-state index >= 15 is 0 Å². The van der Waals surface area contributed by atoms with Crippen LogP contribution in [0, 0.1) is 0 Å². The second-order valence-electron chi connectivity index (χ2n) is 5.79. The summed E-state index contributed by atoms with van der Waals surface area (Å²) < 4.78 is 17.3. The van der Waals surface area contributed by atoms with Gasteiger partial charge in [0.1, 0.15) is 10.7 Å². The summed E-state index contributed by atoms with van der Waals surface area (Å²) >= 11 is 1.60. The lowest BCUT2D eigenvalue weighted by Gasteiger charge is -2.14. The van der Waals surface area contributed by atoms with Crippen molar-refractivity contribution in [3.63, 3.8) is 0 Å². The van der Waals surface area contributed by atoms with Gasteiger partial charge in [0.25, 0.3) is 0 Å². The summed E-state index contributed by atoms with van der Waals surface area (Å²) in [6, 6.07) is 13.5. The van der Waals surface area contributed by atoms with Crippen molar-refractivity contribution in [1.82, 2.24) is 15.0 Å².